The summed E-state index contributed by atoms with van der Waals surface area (Å²) in [7, 11) is 0. The van der Waals surface area contributed by atoms with Gasteiger partial charge in [0.2, 0.25) is 0 Å². The van der Waals surface area contributed by atoms with E-state index in [0.29, 0.717) is 6.04 Å². The van der Waals surface area contributed by atoms with Gasteiger partial charge >= 0.3 is 0 Å². The quantitative estimate of drug-likeness (QED) is 0.758. The molecule has 3 nitrogen and oxygen atoms in total. The van der Waals surface area contributed by atoms with Gasteiger partial charge in [-0.1, -0.05) is 11.2 Å². The molecule has 2 heterocycles. The molecule has 1 aromatic carbocycles. The van der Waals surface area contributed by atoms with Crippen LogP contribution in [0.25, 0.3) is 0 Å². The Hall–Kier alpha value is -1.26. The third-order valence-electron chi connectivity index (χ3n) is 4.46. The SMILES string of the molecule is Cc1cc(C2CCCN2CCSc2ccc(C)c(C)c2)on1. The highest BCUT2D eigenvalue weighted by atomic mass is 32.2. The highest BCUT2D eigenvalue weighted by molar-refractivity contribution is 7.99. The summed E-state index contributed by atoms with van der Waals surface area (Å²) in [5, 5.41) is 4.03. The summed E-state index contributed by atoms with van der Waals surface area (Å²) in [6, 6.07) is 9.24. The van der Waals surface area contributed by atoms with E-state index in [-0.39, 0.29) is 0 Å². The fourth-order valence-electron chi connectivity index (χ4n) is 3.04. The van der Waals surface area contributed by atoms with Crippen LogP contribution >= 0.6 is 11.8 Å². The Bertz CT molecular complexity index is 638. The van der Waals surface area contributed by atoms with Crippen molar-refractivity contribution in [3.8, 4) is 0 Å². The molecule has 1 saturated heterocycles. The molecule has 1 aromatic heterocycles. The molecule has 4 heteroatoms. The van der Waals surface area contributed by atoms with Gasteiger partial charge in [-0.3, -0.25) is 4.90 Å². The maximum atomic E-state index is 5.47. The average molecular weight is 316 g/mol. The molecule has 22 heavy (non-hydrogen) atoms. The molecule has 1 unspecified atom stereocenters. The van der Waals surface area contributed by atoms with Crippen LogP contribution < -0.4 is 0 Å². The summed E-state index contributed by atoms with van der Waals surface area (Å²) in [4.78, 5) is 3.91. The Morgan fingerprint density at radius 3 is 2.82 bits per heavy atom. The maximum absolute atomic E-state index is 5.47. The summed E-state index contributed by atoms with van der Waals surface area (Å²) >= 11 is 1.94. The topological polar surface area (TPSA) is 29.3 Å². The van der Waals surface area contributed by atoms with Crippen molar-refractivity contribution in [1.29, 1.82) is 0 Å². The highest BCUT2D eigenvalue weighted by Crippen LogP contribution is 2.32. The first kappa shape index (κ1) is 15.6. The molecular formula is C18H24N2OS. The average Bonchev–Trinajstić information content (AvgIpc) is 3.11. The summed E-state index contributed by atoms with van der Waals surface area (Å²) < 4.78 is 5.47. The zero-order valence-electron chi connectivity index (χ0n) is 13.6. The van der Waals surface area contributed by atoms with Crippen LogP contribution in [-0.2, 0) is 0 Å². The third-order valence-corrected chi connectivity index (χ3v) is 5.44. The van der Waals surface area contributed by atoms with Crippen molar-refractivity contribution in [2.45, 2.75) is 44.6 Å². The lowest BCUT2D eigenvalue weighted by Gasteiger charge is -2.21. The van der Waals surface area contributed by atoms with Gasteiger partial charge in [0, 0.05) is 23.3 Å². The van der Waals surface area contributed by atoms with E-state index in [1.54, 1.807) is 0 Å². The van der Waals surface area contributed by atoms with Crippen LogP contribution in [0.4, 0.5) is 0 Å². The first-order valence-electron chi connectivity index (χ1n) is 8.01. The van der Waals surface area contributed by atoms with Gasteiger partial charge in [-0.25, -0.2) is 0 Å². The molecule has 0 bridgehead atoms. The zero-order valence-corrected chi connectivity index (χ0v) is 14.4. The van der Waals surface area contributed by atoms with Gasteiger partial charge in [0.05, 0.1) is 11.7 Å². The second-order valence-electron chi connectivity index (χ2n) is 6.16. The van der Waals surface area contributed by atoms with Crippen LogP contribution in [0.1, 0.15) is 41.5 Å². The number of aryl methyl sites for hydroxylation is 3. The van der Waals surface area contributed by atoms with E-state index in [4.69, 9.17) is 4.52 Å². The molecule has 0 radical (unpaired) electrons. The van der Waals surface area contributed by atoms with Crippen LogP contribution in [0.5, 0.6) is 0 Å². The van der Waals surface area contributed by atoms with E-state index >= 15 is 0 Å². The second kappa shape index (κ2) is 6.88. The van der Waals surface area contributed by atoms with Gasteiger partial charge in [-0.15, -0.1) is 11.8 Å². The van der Waals surface area contributed by atoms with Crippen molar-refractivity contribution in [2.24, 2.45) is 0 Å². The number of likely N-dealkylation sites (tertiary alicyclic amines) is 1. The van der Waals surface area contributed by atoms with Crippen molar-refractivity contribution in [3.63, 3.8) is 0 Å². The fourth-order valence-corrected chi connectivity index (χ4v) is 4.03. The Balaban J connectivity index is 1.55. The lowest BCUT2D eigenvalue weighted by atomic mass is 10.1. The molecular weight excluding hydrogens is 292 g/mol. The monoisotopic (exact) mass is 316 g/mol. The van der Waals surface area contributed by atoms with Crippen LogP contribution in [0.3, 0.4) is 0 Å². The second-order valence-corrected chi connectivity index (χ2v) is 7.33. The Morgan fingerprint density at radius 1 is 1.23 bits per heavy atom. The minimum atomic E-state index is 0.418. The zero-order chi connectivity index (χ0) is 15.5. The lowest BCUT2D eigenvalue weighted by Crippen LogP contribution is -2.25. The first-order chi connectivity index (χ1) is 10.6. The molecule has 0 saturated carbocycles. The number of benzene rings is 1. The molecule has 1 aliphatic heterocycles. The molecule has 1 aliphatic rings. The predicted octanol–water partition coefficient (Wildman–Crippen LogP) is 4.53. The minimum Gasteiger partial charge on any atom is -0.359 e. The molecule has 2 aromatic rings. The van der Waals surface area contributed by atoms with Crippen molar-refractivity contribution >= 4 is 11.8 Å². The van der Waals surface area contributed by atoms with E-state index in [9.17, 15) is 0 Å². The normalized spacial score (nSPS) is 19.0. The highest BCUT2D eigenvalue weighted by Gasteiger charge is 2.28. The van der Waals surface area contributed by atoms with Gasteiger partial charge < -0.3 is 4.52 Å². The Kier molecular flexibility index (Phi) is 4.89. The van der Waals surface area contributed by atoms with Crippen LogP contribution in [-0.4, -0.2) is 28.9 Å². The largest absolute Gasteiger partial charge is 0.359 e. The van der Waals surface area contributed by atoms with Crippen molar-refractivity contribution < 1.29 is 4.52 Å². The maximum Gasteiger partial charge on any atom is 0.154 e. The first-order valence-corrected chi connectivity index (χ1v) is 8.99. The molecule has 0 spiro atoms. The molecule has 1 fully saturated rings. The van der Waals surface area contributed by atoms with Crippen molar-refractivity contribution in [1.82, 2.24) is 10.1 Å². The van der Waals surface area contributed by atoms with Gasteiger partial charge in [-0.05, 0) is 63.4 Å². The minimum absolute atomic E-state index is 0.418. The molecule has 118 valence electrons. The molecule has 0 amide bonds. The fraction of sp³-hybridized carbons (Fsp3) is 0.500. The van der Waals surface area contributed by atoms with Crippen molar-refractivity contribution in [3.05, 3.63) is 46.8 Å². The van der Waals surface area contributed by atoms with Gasteiger partial charge in [0.1, 0.15) is 0 Å². The molecule has 3 rings (SSSR count). The Labute approximate surface area is 137 Å². The van der Waals surface area contributed by atoms with Crippen LogP contribution in [0, 0.1) is 20.8 Å². The smallest absolute Gasteiger partial charge is 0.154 e. The summed E-state index contributed by atoms with van der Waals surface area (Å²) in [6.45, 7) is 8.60. The number of thioether (sulfide) groups is 1. The molecule has 1 atom stereocenters. The van der Waals surface area contributed by atoms with E-state index in [0.717, 1.165) is 30.3 Å². The predicted molar refractivity (Wildman–Crippen MR) is 91.4 cm³/mol. The standard InChI is InChI=1S/C18H24N2OS/c1-13-6-7-16(11-14(13)2)22-10-9-20-8-4-5-17(20)18-12-15(3)19-21-18/h6-7,11-12,17H,4-5,8-10H2,1-3H3. The van der Waals surface area contributed by atoms with Crippen LogP contribution in [0.2, 0.25) is 0 Å². The van der Waals surface area contributed by atoms with E-state index in [1.807, 2.05) is 18.7 Å². The third kappa shape index (κ3) is 3.55. The van der Waals surface area contributed by atoms with E-state index in [2.05, 4.69) is 48.2 Å². The lowest BCUT2D eigenvalue weighted by molar-refractivity contribution is 0.224. The summed E-state index contributed by atoms with van der Waals surface area (Å²) in [6.07, 6.45) is 2.43. The Morgan fingerprint density at radius 2 is 2.09 bits per heavy atom. The molecule has 0 aliphatic carbocycles. The van der Waals surface area contributed by atoms with E-state index < -0.39 is 0 Å². The number of hydrogen-bond acceptors (Lipinski definition) is 4. The number of hydrogen-bond donors (Lipinski definition) is 0. The van der Waals surface area contributed by atoms with E-state index in [1.165, 1.54) is 28.9 Å². The summed E-state index contributed by atoms with van der Waals surface area (Å²) in [5.74, 6) is 2.15. The molecule has 0 N–H and O–H groups in total. The van der Waals surface area contributed by atoms with Crippen molar-refractivity contribution in [2.75, 3.05) is 18.8 Å². The number of aromatic nitrogens is 1. The summed E-state index contributed by atoms with van der Waals surface area (Å²) in [5.41, 5.74) is 3.72. The van der Waals surface area contributed by atoms with Gasteiger partial charge in [0.15, 0.2) is 5.76 Å². The number of rotatable bonds is 5. The van der Waals surface area contributed by atoms with Gasteiger partial charge in [0.25, 0.3) is 0 Å². The number of nitrogens with zero attached hydrogens (tertiary/aromatic N) is 2. The van der Waals surface area contributed by atoms with Gasteiger partial charge in [-0.2, -0.15) is 0 Å². The van der Waals surface area contributed by atoms with Crippen LogP contribution in [0.15, 0.2) is 33.7 Å².